The van der Waals surface area contributed by atoms with Crippen LogP contribution in [0.2, 0.25) is 0 Å². The number of benzene rings is 2. The topological polar surface area (TPSA) is 55.1 Å². The van der Waals surface area contributed by atoms with Crippen LogP contribution in [0, 0.1) is 5.82 Å². The Bertz CT molecular complexity index is 1010. The third-order valence-electron chi connectivity index (χ3n) is 4.40. The molecule has 29 heavy (non-hydrogen) atoms. The van der Waals surface area contributed by atoms with Crippen molar-refractivity contribution in [3.8, 4) is 11.5 Å². The molecule has 0 aliphatic carbocycles. The zero-order valence-corrected chi connectivity index (χ0v) is 15.7. The van der Waals surface area contributed by atoms with E-state index in [1.165, 1.54) is 6.26 Å². The number of carbonyl (C=O) groups is 1. The van der Waals surface area contributed by atoms with Crippen LogP contribution < -0.4 is 5.32 Å². The second-order valence-electron chi connectivity index (χ2n) is 7.20. The number of oxazole rings is 1. The quantitative estimate of drug-likeness (QED) is 0.592. The van der Waals surface area contributed by atoms with Crippen LogP contribution in [0.15, 0.2) is 59.2 Å². The van der Waals surface area contributed by atoms with E-state index in [1.807, 2.05) is 30.3 Å². The molecular weight excluding hydrogens is 388 g/mol. The van der Waals surface area contributed by atoms with Gasteiger partial charge in [-0.1, -0.05) is 32.0 Å². The second kappa shape index (κ2) is 7.69. The van der Waals surface area contributed by atoms with Gasteiger partial charge in [0.25, 0.3) is 5.91 Å². The minimum absolute atomic E-state index is 0.0600. The molecule has 1 aromatic heterocycles. The molecule has 3 aromatic rings. The summed E-state index contributed by atoms with van der Waals surface area (Å²) in [5, 5.41) is 2.54. The van der Waals surface area contributed by atoms with Crippen LogP contribution in [0.5, 0.6) is 0 Å². The maximum Gasteiger partial charge on any atom is 0.416 e. The molecule has 0 fully saturated rings. The third-order valence-corrected chi connectivity index (χ3v) is 4.40. The lowest BCUT2D eigenvalue weighted by Crippen LogP contribution is -2.37. The van der Waals surface area contributed by atoms with Gasteiger partial charge in [0, 0.05) is 23.1 Å². The number of alkyl halides is 3. The smallest absolute Gasteiger partial charge is 0.416 e. The van der Waals surface area contributed by atoms with Gasteiger partial charge in [0.05, 0.1) is 11.3 Å². The molecule has 0 unspecified atom stereocenters. The van der Waals surface area contributed by atoms with Crippen LogP contribution in [0.25, 0.3) is 11.5 Å². The maximum atomic E-state index is 13.5. The highest BCUT2D eigenvalue weighted by atomic mass is 19.4. The van der Waals surface area contributed by atoms with Gasteiger partial charge in [-0.3, -0.25) is 4.79 Å². The summed E-state index contributed by atoms with van der Waals surface area (Å²) in [5.41, 5.74) is -0.944. The van der Waals surface area contributed by atoms with Crippen molar-refractivity contribution in [2.24, 2.45) is 0 Å². The Morgan fingerprint density at radius 2 is 1.79 bits per heavy atom. The lowest BCUT2D eigenvalue weighted by atomic mass is 9.90. The lowest BCUT2D eigenvalue weighted by molar-refractivity contribution is -0.137. The van der Waals surface area contributed by atoms with E-state index in [0.29, 0.717) is 23.7 Å². The number of nitrogens with zero attached hydrogens (tertiary/aromatic N) is 1. The van der Waals surface area contributed by atoms with Crippen molar-refractivity contribution in [2.75, 3.05) is 6.54 Å². The average molecular weight is 406 g/mol. The summed E-state index contributed by atoms with van der Waals surface area (Å²) < 4.78 is 57.5. The van der Waals surface area contributed by atoms with E-state index in [0.717, 1.165) is 11.6 Å². The predicted molar refractivity (Wildman–Crippen MR) is 98.7 cm³/mol. The largest absolute Gasteiger partial charge is 0.444 e. The molecule has 0 radical (unpaired) electrons. The second-order valence-corrected chi connectivity index (χ2v) is 7.20. The fraction of sp³-hybridized carbons (Fsp3) is 0.238. The van der Waals surface area contributed by atoms with Crippen molar-refractivity contribution in [3.05, 3.63) is 77.4 Å². The Balaban J connectivity index is 1.73. The van der Waals surface area contributed by atoms with Gasteiger partial charge in [0.1, 0.15) is 12.1 Å². The summed E-state index contributed by atoms with van der Waals surface area (Å²) in [7, 11) is 0. The molecule has 0 bridgehead atoms. The molecule has 0 saturated heterocycles. The number of hydrogen-bond donors (Lipinski definition) is 1. The summed E-state index contributed by atoms with van der Waals surface area (Å²) in [4.78, 5) is 16.7. The standard InChI is InChI=1S/C21H18F4N2O2/c1-20(2,17-11-29-19(27-17)13-6-4-3-5-7-13)12-26-18(28)14-8-15(21(23,24)25)10-16(22)9-14/h3-11H,12H2,1-2H3,(H,26,28). The van der Waals surface area contributed by atoms with E-state index in [4.69, 9.17) is 4.42 Å². The highest BCUT2D eigenvalue weighted by molar-refractivity contribution is 5.94. The summed E-state index contributed by atoms with van der Waals surface area (Å²) >= 11 is 0. The van der Waals surface area contributed by atoms with Gasteiger partial charge in [-0.25, -0.2) is 9.37 Å². The Labute approximate surface area is 164 Å². The first kappa shape index (κ1) is 20.6. The molecule has 152 valence electrons. The molecule has 4 nitrogen and oxygen atoms in total. The van der Waals surface area contributed by atoms with Crippen molar-refractivity contribution in [2.45, 2.75) is 25.4 Å². The first-order valence-corrected chi connectivity index (χ1v) is 8.74. The van der Waals surface area contributed by atoms with Crippen LogP contribution in [-0.2, 0) is 11.6 Å². The summed E-state index contributed by atoms with van der Waals surface area (Å²) in [6, 6.07) is 11.0. The molecule has 1 heterocycles. The molecule has 0 aliphatic rings. The number of halogens is 4. The van der Waals surface area contributed by atoms with Crippen molar-refractivity contribution < 1.29 is 26.8 Å². The number of aromatic nitrogens is 1. The first-order valence-electron chi connectivity index (χ1n) is 8.74. The Morgan fingerprint density at radius 1 is 1.10 bits per heavy atom. The summed E-state index contributed by atoms with van der Waals surface area (Å²) in [5.74, 6) is -1.52. The minimum Gasteiger partial charge on any atom is -0.444 e. The van der Waals surface area contributed by atoms with Crippen molar-refractivity contribution in [3.63, 3.8) is 0 Å². The van der Waals surface area contributed by atoms with Gasteiger partial charge in [0.2, 0.25) is 5.89 Å². The summed E-state index contributed by atoms with van der Waals surface area (Å²) in [6.45, 7) is 3.66. The molecule has 3 rings (SSSR count). The molecular formula is C21H18F4N2O2. The number of hydrogen-bond acceptors (Lipinski definition) is 3. The highest BCUT2D eigenvalue weighted by Gasteiger charge is 2.32. The van der Waals surface area contributed by atoms with E-state index in [1.54, 1.807) is 13.8 Å². The number of amides is 1. The predicted octanol–water partition coefficient (Wildman–Crippen LogP) is 5.21. The third kappa shape index (κ3) is 4.82. The SMILES string of the molecule is CC(C)(CNC(=O)c1cc(F)cc(C(F)(F)F)c1)c1coc(-c2ccccc2)n1. The zero-order chi connectivity index (χ0) is 21.2. The molecule has 1 N–H and O–H groups in total. The van der Waals surface area contributed by atoms with Crippen LogP contribution in [-0.4, -0.2) is 17.4 Å². The van der Waals surface area contributed by atoms with E-state index >= 15 is 0 Å². The van der Waals surface area contributed by atoms with Crippen LogP contribution in [0.3, 0.4) is 0 Å². The molecule has 0 atom stereocenters. The van der Waals surface area contributed by atoms with Gasteiger partial charge in [-0.2, -0.15) is 13.2 Å². The first-order chi connectivity index (χ1) is 13.6. The molecule has 2 aromatic carbocycles. The molecule has 0 saturated carbocycles. The van der Waals surface area contributed by atoms with Gasteiger partial charge < -0.3 is 9.73 Å². The fourth-order valence-electron chi connectivity index (χ4n) is 2.68. The van der Waals surface area contributed by atoms with Gasteiger partial charge in [0.15, 0.2) is 0 Å². The lowest BCUT2D eigenvalue weighted by Gasteiger charge is -2.22. The van der Waals surface area contributed by atoms with Gasteiger partial charge in [-0.15, -0.1) is 0 Å². The summed E-state index contributed by atoms with van der Waals surface area (Å²) in [6.07, 6.45) is -3.27. The van der Waals surface area contributed by atoms with Gasteiger partial charge in [-0.05, 0) is 30.3 Å². The molecule has 0 spiro atoms. The number of carbonyl (C=O) groups excluding carboxylic acids is 1. The number of rotatable bonds is 5. The minimum atomic E-state index is -4.75. The van der Waals surface area contributed by atoms with Crippen LogP contribution in [0.4, 0.5) is 17.6 Å². The number of nitrogens with one attached hydrogen (secondary N) is 1. The molecule has 1 amide bonds. The molecule has 0 aliphatic heterocycles. The maximum absolute atomic E-state index is 13.5. The Hall–Kier alpha value is -3.16. The van der Waals surface area contributed by atoms with E-state index in [2.05, 4.69) is 10.3 Å². The van der Waals surface area contributed by atoms with E-state index in [-0.39, 0.29) is 6.54 Å². The Kier molecular flexibility index (Phi) is 5.46. The Morgan fingerprint density at radius 3 is 2.45 bits per heavy atom. The average Bonchev–Trinajstić information content (AvgIpc) is 3.17. The van der Waals surface area contributed by atoms with Crippen molar-refractivity contribution >= 4 is 5.91 Å². The van der Waals surface area contributed by atoms with E-state index in [9.17, 15) is 22.4 Å². The van der Waals surface area contributed by atoms with Gasteiger partial charge >= 0.3 is 6.18 Å². The zero-order valence-electron chi connectivity index (χ0n) is 15.7. The van der Waals surface area contributed by atoms with E-state index < -0.39 is 34.4 Å². The van der Waals surface area contributed by atoms with Crippen LogP contribution in [0.1, 0.15) is 35.5 Å². The monoisotopic (exact) mass is 406 g/mol. The fourth-order valence-corrected chi connectivity index (χ4v) is 2.68. The van der Waals surface area contributed by atoms with Crippen LogP contribution >= 0.6 is 0 Å². The highest BCUT2D eigenvalue weighted by Crippen LogP contribution is 2.30. The molecule has 8 heteroatoms. The van der Waals surface area contributed by atoms with Crippen molar-refractivity contribution in [1.29, 1.82) is 0 Å². The normalized spacial score (nSPS) is 12.1. The van der Waals surface area contributed by atoms with Crippen molar-refractivity contribution in [1.82, 2.24) is 10.3 Å².